The third-order valence-electron chi connectivity index (χ3n) is 3.77. The molecule has 0 aliphatic carbocycles. The van der Waals surface area contributed by atoms with Crippen molar-refractivity contribution in [1.29, 1.82) is 0 Å². The Morgan fingerprint density at radius 1 is 1.48 bits per heavy atom. The van der Waals surface area contributed by atoms with E-state index in [1.807, 2.05) is 0 Å². The molecule has 9 nitrogen and oxygen atoms in total. The maximum Gasteiger partial charge on any atom is 0.154 e. The molecule has 1 aliphatic heterocycles. The second-order valence-corrected chi connectivity index (χ2v) is 5.13. The molecule has 0 saturated carbocycles. The number of β-amino-alcohol motifs (C(OH)–C–C–N with tert-alkyl or cyclic N) is 1. The van der Waals surface area contributed by atoms with Gasteiger partial charge in [-0.3, -0.25) is 4.90 Å². The van der Waals surface area contributed by atoms with Crippen molar-refractivity contribution >= 4 is 16.9 Å². The summed E-state index contributed by atoms with van der Waals surface area (Å²) >= 11 is 0. The first-order chi connectivity index (χ1) is 10.2. The number of aromatic nitrogens is 3. The highest BCUT2D eigenvalue weighted by Crippen LogP contribution is 2.26. The Balaban J connectivity index is 1.85. The van der Waals surface area contributed by atoms with Crippen LogP contribution in [0.25, 0.3) is 21.5 Å². The van der Waals surface area contributed by atoms with Crippen molar-refractivity contribution in [3.05, 3.63) is 28.5 Å². The monoisotopic (exact) mass is 289 g/mol. The molecule has 0 radical (unpaired) electrons. The summed E-state index contributed by atoms with van der Waals surface area (Å²) in [5.74, 6) is 0.159. The highest BCUT2D eigenvalue weighted by atomic mass is 16.3. The Morgan fingerprint density at radius 2 is 2.33 bits per heavy atom. The molecule has 0 unspecified atom stereocenters. The van der Waals surface area contributed by atoms with Gasteiger partial charge < -0.3 is 15.2 Å². The van der Waals surface area contributed by atoms with E-state index in [1.54, 1.807) is 6.20 Å². The Bertz CT molecular complexity index is 694. The molecule has 2 aromatic rings. The molecule has 1 aliphatic rings. The summed E-state index contributed by atoms with van der Waals surface area (Å²) in [6, 6.07) is 0. The largest absolute Gasteiger partial charge is 0.396 e. The molecule has 21 heavy (non-hydrogen) atoms. The third-order valence-corrected chi connectivity index (χ3v) is 3.77. The molecular weight excluding hydrogens is 274 g/mol. The number of nitrogens with zero attached hydrogens (tertiary/aromatic N) is 6. The molecular formula is C12H15N7O2. The molecule has 1 fully saturated rings. The lowest BCUT2D eigenvalue weighted by Gasteiger charge is -2.14. The predicted molar refractivity (Wildman–Crippen MR) is 74.6 cm³/mol. The van der Waals surface area contributed by atoms with Crippen LogP contribution in [0.2, 0.25) is 0 Å². The van der Waals surface area contributed by atoms with E-state index in [0.717, 1.165) is 5.56 Å². The fourth-order valence-corrected chi connectivity index (χ4v) is 2.71. The van der Waals surface area contributed by atoms with Crippen LogP contribution in [0.15, 0.2) is 17.6 Å². The van der Waals surface area contributed by atoms with Gasteiger partial charge in [0.1, 0.15) is 6.33 Å². The molecule has 3 rings (SSSR count). The molecule has 110 valence electrons. The Hall–Kier alpha value is -2.19. The van der Waals surface area contributed by atoms with Gasteiger partial charge in [0.05, 0.1) is 17.1 Å². The lowest BCUT2D eigenvalue weighted by molar-refractivity contribution is 0.103. The van der Waals surface area contributed by atoms with E-state index in [2.05, 4.69) is 29.9 Å². The van der Waals surface area contributed by atoms with E-state index in [0.29, 0.717) is 30.7 Å². The molecule has 0 amide bonds. The van der Waals surface area contributed by atoms with Gasteiger partial charge in [0.2, 0.25) is 0 Å². The van der Waals surface area contributed by atoms with Crippen LogP contribution in [0.5, 0.6) is 0 Å². The van der Waals surface area contributed by atoms with Crippen molar-refractivity contribution < 1.29 is 10.2 Å². The summed E-state index contributed by atoms with van der Waals surface area (Å²) < 4.78 is 0. The maximum atomic E-state index is 9.83. The Morgan fingerprint density at radius 3 is 3.05 bits per heavy atom. The standard InChI is InChI=1S/C12H15N7O2/c13-18-17-12-11-10(15-6-16-12)7(1-14-11)2-19-3-8(5-20)9(21)4-19/h1,6,8-9,14,20-21H,2-5H2/t8-,9+/m0/s1. The van der Waals surface area contributed by atoms with Crippen LogP contribution < -0.4 is 0 Å². The summed E-state index contributed by atoms with van der Waals surface area (Å²) in [6.07, 6.45) is 2.65. The zero-order valence-electron chi connectivity index (χ0n) is 11.2. The fourth-order valence-electron chi connectivity index (χ4n) is 2.71. The molecule has 2 atom stereocenters. The lowest BCUT2D eigenvalue weighted by Crippen LogP contribution is -2.21. The van der Waals surface area contributed by atoms with Crippen LogP contribution in [-0.2, 0) is 6.54 Å². The molecule has 3 heterocycles. The van der Waals surface area contributed by atoms with Crippen molar-refractivity contribution in [3.63, 3.8) is 0 Å². The smallest absolute Gasteiger partial charge is 0.154 e. The zero-order chi connectivity index (χ0) is 14.8. The normalized spacial score (nSPS) is 22.6. The highest BCUT2D eigenvalue weighted by Gasteiger charge is 2.31. The van der Waals surface area contributed by atoms with E-state index in [-0.39, 0.29) is 18.3 Å². The predicted octanol–water partition coefficient (Wildman–Crippen LogP) is 0.685. The number of aromatic amines is 1. The second kappa shape index (κ2) is 5.66. The topological polar surface area (TPSA) is 134 Å². The minimum absolute atomic E-state index is 0.0191. The second-order valence-electron chi connectivity index (χ2n) is 5.13. The quantitative estimate of drug-likeness (QED) is 0.432. The van der Waals surface area contributed by atoms with Gasteiger partial charge in [0, 0.05) is 48.8 Å². The van der Waals surface area contributed by atoms with E-state index < -0.39 is 6.10 Å². The van der Waals surface area contributed by atoms with Gasteiger partial charge in [0.15, 0.2) is 5.82 Å². The summed E-state index contributed by atoms with van der Waals surface area (Å²) in [5, 5.41) is 22.5. The van der Waals surface area contributed by atoms with Gasteiger partial charge in [0.25, 0.3) is 0 Å². The van der Waals surface area contributed by atoms with Crippen LogP contribution >= 0.6 is 0 Å². The molecule has 2 aromatic heterocycles. The molecule has 0 aromatic carbocycles. The SMILES string of the molecule is [N-]=[N+]=Nc1ncnc2c(CN3C[C@@H](CO)[C@H](O)C3)c[nH]c12. The maximum absolute atomic E-state index is 9.83. The van der Waals surface area contributed by atoms with Crippen LogP contribution in [-0.4, -0.2) is 55.9 Å². The van der Waals surface area contributed by atoms with E-state index in [9.17, 15) is 10.2 Å². The number of aliphatic hydroxyl groups excluding tert-OH is 2. The minimum Gasteiger partial charge on any atom is -0.396 e. The van der Waals surface area contributed by atoms with Gasteiger partial charge in [-0.1, -0.05) is 0 Å². The number of hydrogen-bond acceptors (Lipinski definition) is 6. The Kier molecular flexibility index (Phi) is 3.72. The third kappa shape index (κ3) is 2.55. The minimum atomic E-state index is -0.506. The molecule has 0 spiro atoms. The van der Waals surface area contributed by atoms with Crippen molar-refractivity contribution in [2.24, 2.45) is 11.0 Å². The van der Waals surface area contributed by atoms with Gasteiger partial charge in [-0.05, 0) is 10.6 Å². The average molecular weight is 289 g/mol. The van der Waals surface area contributed by atoms with Crippen molar-refractivity contribution in [2.45, 2.75) is 12.6 Å². The first-order valence-electron chi connectivity index (χ1n) is 6.60. The first kappa shape index (κ1) is 13.8. The number of H-pyrrole nitrogens is 1. The molecule has 3 N–H and O–H groups in total. The summed E-state index contributed by atoms with van der Waals surface area (Å²) in [6.45, 7) is 1.74. The lowest BCUT2D eigenvalue weighted by atomic mass is 10.1. The fraction of sp³-hybridized carbons (Fsp3) is 0.500. The van der Waals surface area contributed by atoms with Crippen LogP contribution in [0.3, 0.4) is 0 Å². The van der Waals surface area contributed by atoms with Crippen LogP contribution in [0.4, 0.5) is 5.82 Å². The van der Waals surface area contributed by atoms with Crippen LogP contribution in [0.1, 0.15) is 5.56 Å². The summed E-state index contributed by atoms with van der Waals surface area (Å²) in [7, 11) is 0. The van der Waals surface area contributed by atoms with E-state index in [4.69, 9.17) is 5.53 Å². The average Bonchev–Trinajstić information content (AvgIpc) is 3.04. The molecule has 1 saturated heterocycles. The number of aliphatic hydroxyl groups is 2. The Labute approximate surface area is 119 Å². The number of rotatable bonds is 4. The number of fused-ring (bicyclic) bond motifs is 1. The van der Waals surface area contributed by atoms with Gasteiger partial charge in [-0.15, -0.1) is 0 Å². The zero-order valence-corrected chi connectivity index (χ0v) is 11.2. The summed E-state index contributed by atoms with van der Waals surface area (Å²) in [5.41, 5.74) is 10.8. The van der Waals surface area contributed by atoms with Crippen molar-refractivity contribution in [2.75, 3.05) is 19.7 Å². The first-order valence-corrected chi connectivity index (χ1v) is 6.60. The number of nitrogens with one attached hydrogen (secondary N) is 1. The van der Waals surface area contributed by atoms with Gasteiger partial charge >= 0.3 is 0 Å². The van der Waals surface area contributed by atoms with E-state index >= 15 is 0 Å². The number of hydrogen-bond donors (Lipinski definition) is 3. The van der Waals surface area contributed by atoms with Crippen molar-refractivity contribution in [1.82, 2.24) is 19.9 Å². The van der Waals surface area contributed by atoms with E-state index in [1.165, 1.54) is 6.33 Å². The number of likely N-dealkylation sites (tertiary alicyclic amines) is 1. The van der Waals surface area contributed by atoms with Crippen LogP contribution in [0, 0.1) is 5.92 Å². The highest BCUT2D eigenvalue weighted by molar-refractivity contribution is 5.86. The molecule has 0 bridgehead atoms. The molecule has 9 heteroatoms. The van der Waals surface area contributed by atoms with Crippen molar-refractivity contribution in [3.8, 4) is 0 Å². The van der Waals surface area contributed by atoms with Gasteiger partial charge in [-0.2, -0.15) is 0 Å². The van der Waals surface area contributed by atoms with Gasteiger partial charge in [-0.25, -0.2) is 9.97 Å². The number of azide groups is 1. The summed E-state index contributed by atoms with van der Waals surface area (Å²) in [4.78, 5) is 16.0.